The lowest BCUT2D eigenvalue weighted by Crippen LogP contribution is -2.53. The van der Waals surface area contributed by atoms with Crippen molar-refractivity contribution in [1.82, 2.24) is 9.80 Å². The molecule has 11 heteroatoms. The standard InChI is InChI=1S/C23H25N5O5S/c29-23(26-14-12-25(13-15-26)18-7-9-19(10-8-18)28(30)31)17-4-3-11-27(16-17)22-20-5-1-2-6-21(20)34(32,33)24-22/h1-2,5-10,17H,3-4,11-16H2. The zero-order valence-electron chi connectivity index (χ0n) is 18.5. The van der Waals surface area contributed by atoms with Crippen molar-refractivity contribution in [1.29, 1.82) is 0 Å². The Morgan fingerprint density at radius 2 is 1.68 bits per heavy atom. The van der Waals surface area contributed by atoms with Gasteiger partial charge in [0.05, 0.1) is 10.8 Å². The summed E-state index contributed by atoms with van der Waals surface area (Å²) < 4.78 is 28.9. The molecule has 1 amide bonds. The highest BCUT2D eigenvalue weighted by Gasteiger charge is 2.36. The molecule has 0 spiro atoms. The Bertz CT molecular complexity index is 1250. The van der Waals surface area contributed by atoms with E-state index in [1.165, 1.54) is 12.1 Å². The number of carbonyl (C=O) groups is 1. The first-order valence-electron chi connectivity index (χ1n) is 11.3. The van der Waals surface area contributed by atoms with Gasteiger partial charge >= 0.3 is 0 Å². The summed E-state index contributed by atoms with van der Waals surface area (Å²) in [6.45, 7) is 3.57. The molecule has 3 heterocycles. The van der Waals surface area contributed by atoms with Crippen LogP contribution in [0.25, 0.3) is 0 Å². The minimum Gasteiger partial charge on any atom is -0.368 e. The smallest absolute Gasteiger partial charge is 0.285 e. The number of likely N-dealkylation sites (tertiary alicyclic amines) is 1. The van der Waals surface area contributed by atoms with E-state index >= 15 is 0 Å². The quantitative estimate of drug-likeness (QED) is 0.485. The summed E-state index contributed by atoms with van der Waals surface area (Å²) in [5, 5.41) is 10.9. The van der Waals surface area contributed by atoms with E-state index in [2.05, 4.69) is 9.30 Å². The molecule has 3 aliphatic heterocycles. The van der Waals surface area contributed by atoms with Gasteiger partial charge in [-0.25, -0.2) is 0 Å². The Hall–Kier alpha value is -3.47. The first kappa shape index (κ1) is 22.3. The summed E-state index contributed by atoms with van der Waals surface area (Å²) in [5.74, 6) is 0.316. The maximum atomic E-state index is 13.3. The maximum Gasteiger partial charge on any atom is 0.285 e. The number of piperidine rings is 1. The molecule has 1 unspecified atom stereocenters. The maximum absolute atomic E-state index is 13.3. The largest absolute Gasteiger partial charge is 0.368 e. The molecule has 0 radical (unpaired) electrons. The average molecular weight is 484 g/mol. The lowest BCUT2D eigenvalue weighted by atomic mass is 9.95. The van der Waals surface area contributed by atoms with Crippen molar-refractivity contribution in [3.8, 4) is 0 Å². The van der Waals surface area contributed by atoms with Crippen LogP contribution < -0.4 is 4.90 Å². The first-order chi connectivity index (χ1) is 16.3. The molecule has 0 bridgehead atoms. The minimum absolute atomic E-state index is 0.0571. The molecule has 0 aromatic heterocycles. The predicted molar refractivity (Wildman–Crippen MR) is 126 cm³/mol. The summed E-state index contributed by atoms with van der Waals surface area (Å²) in [5.41, 5.74) is 1.56. The number of hydrogen-bond donors (Lipinski definition) is 0. The number of amides is 1. The van der Waals surface area contributed by atoms with Crippen LogP contribution in [0.15, 0.2) is 57.8 Å². The van der Waals surface area contributed by atoms with Gasteiger partial charge in [0.1, 0.15) is 4.90 Å². The lowest BCUT2D eigenvalue weighted by molar-refractivity contribution is -0.384. The summed E-state index contributed by atoms with van der Waals surface area (Å²) in [7, 11) is -3.69. The summed E-state index contributed by atoms with van der Waals surface area (Å²) in [4.78, 5) is 29.9. The second-order valence-electron chi connectivity index (χ2n) is 8.76. The number of rotatable bonds is 3. The molecule has 2 aromatic rings. The second-order valence-corrected chi connectivity index (χ2v) is 10.3. The molecular formula is C23H25N5O5S. The number of amidine groups is 1. The van der Waals surface area contributed by atoms with Crippen LogP contribution in [0, 0.1) is 16.0 Å². The highest BCUT2D eigenvalue weighted by Crippen LogP contribution is 2.30. The molecule has 2 aromatic carbocycles. The normalized spacial score (nSPS) is 21.7. The topological polar surface area (TPSA) is 116 Å². The number of benzene rings is 2. The number of hydrogen-bond acceptors (Lipinski definition) is 7. The predicted octanol–water partition coefficient (Wildman–Crippen LogP) is 2.10. The fourth-order valence-electron chi connectivity index (χ4n) is 4.92. The van der Waals surface area contributed by atoms with E-state index in [9.17, 15) is 23.3 Å². The lowest BCUT2D eigenvalue weighted by Gasteiger charge is -2.40. The van der Waals surface area contributed by atoms with Gasteiger partial charge in [0.15, 0.2) is 5.84 Å². The molecule has 10 nitrogen and oxygen atoms in total. The number of piperazine rings is 1. The van der Waals surface area contributed by atoms with Crippen molar-refractivity contribution >= 4 is 33.1 Å². The van der Waals surface area contributed by atoms with Crippen molar-refractivity contribution in [2.24, 2.45) is 10.3 Å². The summed E-state index contributed by atoms with van der Waals surface area (Å²) in [6.07, 6.45) is 1.56. The van der Waals surface area contributed by atoms with E-state index in [1.54, 1.807) is 36.4 Å². The highest BCUT2D eigenvalue weighted by molar-refractivity contribution is 7.90. The van der Waals surface area contributed by atoms with Gasteiger partial charge < -0.3 is 14.7 Å². The second kappa shape index (κ2) is 8.71. The number of nitro groups is 1. The number of anilines is 1. The Morgan fingerprint density at radius 1 is 0.971 bits per heavy atom. The Morgan fingerprint density at radius 3 is 2.38 bits per heavy atom. The highest BCUT2D eigenvalue weighted by atomic mass is 32.2. The summed E-state index contributed by atoms with van der Waals surface area (Å²) in [6, 6.07) is 13.3. The first-order valence-corrected chi connectivity index (χ1v) is 12.7. The van der Waals surface area contributed by atoms with Crippen molar-refractivity contribution in [2.75, 3.05) is 44.2 Å². The van der Waals surface area contributed by atoms with Crippen LogP contribution in [0.5, 0.6) is 0 Å². The molecule has 178 valence electrons. The Kier molecular flexibility index (Phi) is 5.72. The van der Waals surface area contributed by atoms with Crippen LogP contribution in [-0.4, -0.2) is 74.2 Å². The van der Waals surface area contributed by atoms with Crippen LogP contribution in [0.4, 0.5) is 11.4 Å². The van der Waals surface area contributed by atoms with Gasteiger partial charge in [-0.05, 0) is 37.1 Å². The molecular weight excluding hydrogens is 458 g/mol. The molecule has 1 atom stereocenters. The molecule has 3 aliphatic rings. The monoisotopic (exact) mass is 483 g/mol. The van der Waals surface area contributed by atoms with Gasteiger partial charge in [-0.15, -0.1) is 4.40 Å². The van der Waals surface area contributed by atoms with Gasteiger partial charge in [0.2, 0.25) is 5.91 Å². The van der Waals surface area contributed by atoms with Crippen LogP contribution >= 0.6 is 0 Å². The molecule has 0 aliphatic carbocycles. The van der Waals surface area contributed by atoms with E-state index in [0.29, 0.717) is 50.7 Å². The number of non-ortho nitro benzene ring substituents is 1. The van der Waals surface area contributed by atoms with E-state index in [-0.39, 0.29) is 22.4 Å². The zero-order chi connectivity index (χ0) is 23.9. The third-order valence-corrected chi connectivity index (χ3v) is 8.02. The fraction of sp³-hybridized carbons (Fsp3) is 0.391. The van der Waals surface area contributed by atoms with Crippen LogP contribution in [0.1, 0.15) is 18.4 Å². The average Bonchev–Trinajstić information content (AvgIpc) is 3.15. The SMILES string of the molecule is O=C(C1CCCN(C2=NS(=O)(=O)c3ccccc32)C1)N1CCN(c2ccc([N+](=O)[O-])cc2)CC1. The van der Waals surface area contributed by atoms with Gasteiger partial charge in [-0.3, -0.25) is 14.9 Å². The molecule has 5 rings (SSSR count). The number of fused-ring (bicyclic) bond motifs is 1. The van der Waals surface area contributed by atoms with E-state index < -0.39 is 14.9 Å². The fourth-order valence-corrected chi connectivity index (χ4v) is 6.14. The van der Waals surface area contributed by atoms with Gasteiger partial charge in [-0.2, -0.15) is 8.42 Å². The Labute approximate surface area is 197 Å². The number of carbonyl (C=O) groups excluding carboxylic acids is 1. The van der Waals surface area contributed by atoms with Crippen molar-refractivity contribution in [3.63, 3.8) is 0 Å². The third kappa shape index (κ3) is 4.11. The van der Waals surface area contributed by atoms with Gasteiger partial charge in [0.25, 0.3) is 15.7 Å². The van der Waals surface area contributed by atoms with E-state index in [4.69, 9.17) is 0 Å². The van der Waals surface area contributed by atoms with Gasteiger partial charge in [0, 0.05) is 62.7 Å². The van der Waals surface area contributed by atoms with E-state index in [0.717, 1.165) is 18.5 Å². The zero-order valence-corrected chi connectivity index (χ0v) is 19.4. The molecule has 0 saturated carbocycles. The number of nitro benzene ring substituents is 1. The minimum atomic E-state index is -3.69. The van der Waals surface area contributed by atoms with Crippen molar-refractivity contribution < 1.29 is 18.1 Å². The number of nitrogens with zero attached hydrogens (tertiary/aromatic N) is 5. The molecule has 2 saturated heterocycles. The molecule has 34 heavy (non-hydrogen) atoms. The molecule has 0 N–H and O–H groups in total. The molecule has 2 fully saturated rings. The van der Waals surface area contributed by atoms with E-state index in [1.807, 2.05) is 9.80 Å². The third-order valence-electron chi connectivity index (χ3n) is 6.70. The van der Waals surface area contributed by atoms with Gasteiger partial charge in [-0.1, -0.05) is 12.1 Å². The van der Waals surface area contributed by atoms with Crippen LogP contribution in [-0.2, 0) is 14.8 Å². The number of sulfonamides is 1. The van der Waals surface area contributed by atoms with Crippen molar-refractivity contribution in [2.45, 2.75) is 17.7 Å². The Balaban J connectivity index is 1.23. The van der Waals surface area contributed by atoms with Crippen molar-refractivity contribution in [3.05, 3.63) is 64.2 Å². The van der Waals surface area contributed by atoms with Crippen LogP contribution in [0.3, 0.4) is 0 Å². The van der Waals surface area contributed by atoms with Crippen LogP contribution in [0.2, 0.25) is 0 Å². The summed E-state index contributed by atoms with van der Waals surface area (Å²) >= 11 is 0.